The second kappa shape index (κ2) is 8.90. The average molecular weight is 391 g/mol. The van der Waals surface area contributed by atoms with E-state index in [1.165, 1.54) is 17.0 Å². The van der Waals surface area contributed by atoms with Gasteiger partial charge in [-0.15, -0.1) is 0 Å². The fourth-order valence-corrected chi connectivity index (χ4v) is 3.54. The Morgan fingerprint density at radius 3 is 2.26 bits per heavy atom. The fraction of sp³-hybridized carbons (Fsp3) is 0.350. The highest BCUT2D eigenvalue weighted by Crippen LogP contribution is 2.20. The van der Waals surface area contributed by atoms with Gasteiger partial charge in [0.25, 0.3) is 0 Å². The zero-order valence-corrected chi connectivity index (χ0v) is 16.9. The van der Waals surface area contributed by atoms with Crippen molar-refractivity contribution in [2.45, 2.75) is 20.3 Å². The highest BCUT2D eigenvalue weighted by Gasteiger charge is 2.17. The van der Waals surface area contributed by atoms with Gasteiger partial charge < -0.3 is 9.47 Å². The van der Waals surface area contributed by atoms with Crippen LogP contribution < -0.4 is 9.04 Å². The smallest absolute Gasteiger partial charge is 0.337 e. The summed E-state index contributed by atoms with van der Waals surface area (Å²) < 4.78 is 36.0. The van der Waals surface area contributed by atoms with E-state index in [9.17, 15) is 13.2 Å². The second-order valence-electron chi connectivity index (χ2n) is 6.32. The second-order valence-corrected chi connectivity index (χ2v) is 8.23. The fourth-order valence-electron chi connectivity index (χ4n) is 2.57. The summed E-state index contributed by atoms with van der Waals surface area (Å²) in [6, 6.07) is 12.2. The van der Waals surface area contributed by atoms with E-state index in [0.717, 1.165) is 17.6 Å². The van der Waals surface area contributed by atoms with E-state index in [2.05, 4.69) is 4.74 Å². The lowest BCUT2D eigenvalue weighted by Gasteiger charge is -2.22. The number of carbonyl (C=O) groups is 1. The molecule has 0 N–H and O–H groups in total. The van der Waals surface area contributed by atoms with Crippen LogP contribution in [0.1, 0.15) is 27.9 Å². The SMILES string of the molecule is COC(=O)c1ccc(N(CCCOc2ccc(C)c(C)c2)S(C)(=O)=O)cc1. The molecule has 0 atom stereocenters. The minimum atomic E-state index is -3.45. The number of nitrogens with zero attached hydrogens (tertiary/aromatic N) is 1. The van der Waals surface area contributed by atoms with E-state index in [0.29, 0.717) is 24.3 Å². The number of rotatable bonds is 8. The molecule has 0 aromatic heterocycles. The summed E-state index contributed by atoms with van der Waals surface area (Å²) in [6.07, 6.45) is 1.68. The summed E-state index contributed by atoms with van der Waals surface area (Å²) in [7, 11) is -2.15. The van der Waals surface area contributed by atoms with Gasteiger partial charge in [0.1, 0.15) is 5.75 Å². The summed E-state index contributed by atoms with van der Waals surface area (Å²) in [5, 5.41) is 0. The predicted molar refractivity (Wildman–Crippen MR) is 106 cm³/mol. The molecule has 27 heavy (non-hydrogen) atoms. The minimum Gasteiger partial charge on any atom is -0.494 e. The van der Waals surface area contributed by atoms with Crippen LogP contribution in [0.15, 0.2) is 42.5 Å². The van der Waals surface area contributed by atoms with E-state index in [4.69, 9.17) is 4.74 Å². The summed E-state index contributed by atoms with van der Waals surface area (Å²) in [5.41, 5.74) is 3.21. The number of carbonyl (C=O) groups excluding carboxylic acids is 1. The van der Waals surface area contributed by atoms with Crippen LogP contribution in [0.25, 0.3) is 0 Å². The zero-order chi connectivity index (χ0) is 20.0. The third kappa shape index (κ3) is 5.72. The lowest BCUT2D eigenvalue weighted by molar-refractivity contribution is 0.0600. The number of benzene rings is 2. The Labute approximate surface area is 160 Å². The molecular weight excluding hydrogens is 366 g/mol. The Balaban J connectivity index is 2.00. The largest absolute Gasteiger partial charge is 0.494 e. The molecule has 0 unspecified atom stereocenters. The van der Waals surface area contributed by atoms with Gasteiger partial charge in [0.2, 0.25) is 10.0 Å². The third-order valence-corrected chi connectivity index (χ3v) is 5.42. The molecule has 0 aliphatic rings. The Kier molecular flexibility index (Phi) is 6.85. The minimum absolute atomic E-state index is 0.279. The Bertz CT molecular complexity index is 891. The molecule has 0 spiro atoms. The van der Waals surface area contributed by atoms with Crippen LogP contribution in [-0.4, -0.2) is 40.9 Å². The summed E-state index contributed by atoms with van der Waals surface area (Å²) in [5.74, 6) is 0.306. The van der Waals surface area contributed by atoms with E-state index >= 15 is 0 Å². The molecule has 0 heterocycles. The molecule has 0 bridgehead atoms. The number of anilines is 1. The van der Waals surface area contributed by atoms with Crippen LogP contribution in [0.5, 0.6) is 5.75 Å². The summed E-state index contributed by atoms with van der Waals surface area (Å²) in [4.78, 5) is 11.5. The topological polar surface area (TPSA) is 72.9 Å². The number of hydrogen-bond donors (Lipinski definition) is 0. The molecular formula is C20H25NO5S. The molecule has 6 nitrogen and oxygen atoms in total. The zero-order valence-electron chi connectivity index (χ0n) is 16.1. The van der Waals surface area contributed by atoms with Gasteiger partial charge in [-0.25, -0.2) is 13.2 Å². The van der Waals surface area contributed by atoms with Crippen molar-refractivity contribution < 1.29 is 22.7 Å². The number of methoxy groups -OCH3 is 1. The van der Waals surface area contributed by atoms with Crippen molar-refractivity contribution >= 4 is 21.7 Å². The predicted octanol–water partition coefficient (Wildman–Crippen LogP) is 3.33. The van der Waals surface area contributed by atoms with Crippen LogP contribution in [-0.2, 0) is 14.8 Å². The van der Waals surface area contributed by atoms with Crippen molar-refractivity contribution in [2.24, 2.45) is 0 Å². The first kappa shape index (κ1) is 20.8. The first-order valence-electron chi connectivity index (χ1n) is 8.58. The van der Waals surface area contributed by atoms with E-state index in [-0.39, 0.29) is 6.54 Å². The molecule has 146 valence electrons. The number of aryl methyl sites for hydroxylation is 2. The molecule has 2 rings (SSSR count). The van der Waals surface area contributed by atoms with Gasteiger partial charge in [-0.1, -0.05) is 6.07 Å². The van der Waals surface area contributed by atoms with Crippen molar-refractivity contribution in [1.82, 2.24) is 0 Å². The van der Waals surface area contributed by atoms with E-state index < -0.39 is 16.0 Å². The molecule has 2 aromatic carbocycles. The first-order chi connectivity index (χ1) is 12.7. The number of ether oxygens (including phenoxy) is 2. The lowest BCUT2D eigenvalue weighted by Crippen LogP contribution is -2.31. The van der Waals surface area contributed by atoms with E-state index in [1.54, 1.807) is 24.3 Å². The van der Waals surface area contributed by atoms with Crippen LogP contribution in [0.4, 0.5) is 5.69 Å². The molecule has 0 radical (unpaired) electrons. The Morgan fingerprint density at radius 2 is 1.70 bits per heavy atom. The van der Waals surface area contributed by atoms with Crippen molar-refractivity contribution in [3.8, 4) is 5.75 Å². The van der Waals surface area contributed by atoms with Crippen molar-refractivity contribution in [1.29, 1.82) is 0 Å². The normalized spacial score (nSPS) is 11.1. The van der Waals surface area contributed by atoms with Crippen molar-refractivity contribution in [3.63, 3.8) is 0 Å². The number of hydrogen-bond acceptors (Lipinski definition) is 5. The third-order valence-electron chi connectivity index (χ3n) is 4.23. The standard InChI is InChI=1S/C20H25NO5S/c1-15-6-11-19(14-16(15)2)26-13-5-12-21(27(4,23)24)18-9-7-17(8-10-18)20(22)25-3/h6-11,14H,5,12-13H2,1-4H3. The molecule has 0 aliphatic heterocycles. The molecule has 0 fully saturated rings. The van der Waals surface area contributed by atoms with Gasteiger partial charge in [-0.2, -0.15) is 0 Å². The monoisotopic (exact) mass is 391 g/mol. The number of sulfonamides is 1. The van der Waals surface area contributed by atoms with Crippen LogP contribution in [0.3, 0.4) is 0 Å². The highest BCUT2D eigenvalue weighted by atomic mass is 32.2. The van der Waals surface area contributed by atoms with E-state index in [1.807, 2.05) is 32.0 Å². The van der Waals surface area contributed by atoms with Crippen LogP contribution in [0, 0.1) is 13.8 Å². The first-order valence-corrected chi connectivity index (χ1v) is 10.4. The maximum absolute atomic E-state index is 12.1. The molecule has 0 saturated heterocycles. The summed E-state index contributed by atoms with van der Waals surface area (Å²) in [6.45, 7) is 4.73. The lowest BCUT2D eigenvalue weighted by atomic mass is 10.1. The maximum atomic E-state index is 12.1. The highest BCUT2D eigenvalue weighted by molar-refractivity contribution is 7.92. The maximum Gasteiger partial charge on any atom is 0.337 e. The Morgan fingerprint density at radius 1 is 1.04 bits per heavy atom. The van der Waals surface area contributed by atoms with Gasteiger partial charge in [-0.3, -0.25) is 4.31 Å². The molecule has 2 aromatic rings. The number of esters is 1. The Hall–Kier alpha value is -2.54. The van der Waals surface area contributed by atoms with Crippen molar-refractivity contribution in [3.05, 3.63) is 59.2 Å². The average Bonchev–Trinajstić information content (AvgIpc) is 2.63. The van der Waals surface area contributed by atoms with Gasteiger partial charge in [0, 0.05) is 13.0 Å². The van der Waals surface area contributed by atoms with Gasteiger partial charge >= 0.3 is 5.97 Å². The molecule has 7 heteroatoms. The van der Waals surface area contributed by atoms with Gasteiger partial charge in [0.05, 0.1) is 31.2 Å². The molecule has 0 aliphatic carbocycles. The summed E-state index contributed by atoms with van der Waals surface area (Å²) >= 11 is 0. The quantitative estimate of drug-likeness (QED) is 0.510. The van der Waals surface area contributed by atoms with Crippen LogP contribution in [0.2, 0.25) is 0 Å². The van der Waals surface area contributed by atoms with Crippen LogP contribution >= 0.6 is 0 Å². The van der Waals surface area contributed by atoms with Gasteiger partial charge in [0.15, 0.2) is 0 Å². The molecule has 0 saturated carbocycles. The van der Waals surface area contributed by atoms with Gasteiger partial charge in [-0.05, 0) is 61.4 Å². The van der Waals surface area contributed by atoms with Crippen molar-refractivity contribution in [2.75, 3.05) is 30.8 Å². The molecule has 0 amide bonds.